The maximum Gasteiger partial charge on any atom is 0.178 e. The van der Waals surface area contributed by atoms with Crippen LogP contribution in [0.3, 0.4) is 0 Å². The van der Waals surface area contributed by atoms with Crippen LogP contribution in [0.1, 0.15) is 11.1 Å². The molecular weight excluding hydrogens is 243 g/mol. The first-order valence-corrected chi connectivity index (χ1v) is 6.25. The van der Waals surface area contributed by atoms with Gasteiger partial charge in [0.2, 0.25) is 0 Å². The molecule has 1 aliphatic heterocycles. The first-order valence-electron chi connectivity index (χ1n) is 6.25. The van der Waals surface area contributed by atoms with E-state index in [-0.39, 0.29) is 18.0 Å². The molecule has 0 radical (unpaired) electrons. The van der Waals surface area contributed by atoms with Crippen molar-refractivity contribution in [2.24, 2.45) is 0 Å². The second-order valence-corrected chi connectivity index (χ2v) is 4.65. The van der Waals surface area contributed by atoms with Crippen molar-refractivity contribution >= 4 is 5.78 Å². The summed E-state index contributed by atoms with van der Waals surface area (Å²) in [7, 11) is 0. The molecule has 1 aliphatic rings. The summed E-state index contributed by atoms with van der Waals surface area (Å²) < 4.78 is 19.1. The van der Waals surface area contributed by atoms with Crippen molar-refractivity contribution in [2.75, 3.05) is 0 Å². The summed E-state index contributed by atoms with van der Waals surface area (Å²) in [5, 5.41) is 0. The maximum absolute atomic E-state index is 13.5. The number of para-hydroxylation sites is 1. The molecule has 0 fully saturated rings. The quantitative estimate of drug-likeness (QED) is 0.844. The van der Waals surface area contributed by atoms with E-state index < -0.39 is 6.10 Å². The van der Waals surface area contributed by atoms with Gasteiger partial charge in [0.05, 0.1) is 0 Å². The fourth-order valence-corrected chi connectivity index (χ4v) is 2.30. The van der Waals surface area contributed by atoms with E-state index in [2.05, 4.69) is 0 Å². The minimum atomic E-state index is -0.489. The molecule has 2 aromatic rings. The molecular formula is C16H13FO2. The number of benzene rings is 2. The molecule has 19 heavy (non-hydrogen) atoms. The van der Waals surface area contributed by atoms with E-state index in [1.807, 2.05) is 24.3 Å². The summed E-state index contributed by atoms with van der Waals surface area (Å²) in [6.07, 6.45) is 0.159. The average Bonchev–Trinajstić information content (AvgIpc) is 2.85. The lowest BCUT2D eigenvalue weighted by Gasteiger charge is -2.09. The van der Waals surface area contributed by atoms with Gasteiger partial charge in [-0.1, -0.05) is 36.4 Å². The highest BCUT2D eigenvalue weighted by atomic mass is 19.1. The zero-order chi connectivity index (χ0) is 13.2. The van der Waals surface area contributed by atoms with E-state index in [9.17, 15) is 9.18 Å². The van der Waals surface area contributed by atoms with Gasteiger partial charge >= 0.3 is 0 Å². The van der Waals surface area contributed by atoms with E-state index in [4.69, 9.17) is 4.74 Å². The summed E-state index contributed by atoms with van der Waals surface area (Å²) in [5.41, 5.74) is 1.46. The van der Waals surface area contributed by atoms with Crippen molar-refractivity contribution in [1.82, 2.24) is 0 Å². The number of hydrogen-bond donors (Lipinski definition) is 0. The molecule has 0 bridgehead atoms. The smallest absolute Gasteiger partial charge is 0.178 e. The van der Waals surface area contributed by atoms with Crippen LogP contribution in [-0.4, -0.2) is 11.9 Å². The lowest BCUT2D eigenvalue weighted by atomic mass is 10.0. The molecule has 0 spiro atoms. The van der Waals surface area contributed by atoms with Crippen molar-refractivity contribution < 1.29 is 13.9 Å². The number of halogens is 1. The summed E-state index contributed by atoms with van der Waals surface area (Å²) in [6, 6.07) is 14.0. The predicted molar refractivity (Wildman–Crippen MR) is 69.7 cm³/mol. The SMILES string of the molecule is O=C(Cc1ccccc1F)C1Cc2ccccc2O1. The molecule has 3 rings (SSSR count). The highest BCUT2D eigenvalue weighted by molar-refractivity contribution is 5.86. The molecule has 1 atom stereocenters. The van der Waals surface area contributed by atoms with Crippen LogP contribution in [0.15, 0.2) is 48.5 Å². The van der Waals surface area contributed by atoms with Gasteiger partial charge in [0, 0.05) is 12.8 Å². The van der Waals surface area contributed by atoms with Gasteiger partial charge in [0.1, 0.15) is 11.6 Å². The van der Waals surface area contributed by atoms with E-state index >= 15 is 0 Å². The minimum Gasteiger partial charge on any atom is -0.482 e. The van der Waals surface area contributed by atoms with Gasteiger partial charge in [-0.15, -0.1) is 0 Å². The van der Waals surface area contributed by atoms with Gasteiger partial charge in [-0.25, -0.2) is 4.39 Å². The number of hydrogen-bond acceptors (Lipinski definition) is 2. The third-order valence-corrected chi connectivity index (χ3v) is 3.33. The number of fused-ring (bicyclic) bond motifs is 1. The zero-order valence-corrected chi connectivity index (χ0v) is 10.3. The van der Waals surface area contributed by atoms with Crippen molar-refractivity contribution in [1.29, 1.82) is 0 Å². The van der Waals surface area contributed by atoms with Crippen LogP contribution in [0.2, 0.25) is 0 Å². The van der Waals surface area contributed by atoms with Crippen molar-refractivity contribution in [3.05, 3.63) is 65.5 Å². The van der Waals surface area contributed by atoms with Gasteiger partial charge < -0.3 is 4.74 Å². The third-order valence-electron chi connectivity index (χ3n) is 3.33. The second kappa shape index (κ2) is 4.84. The molecule has 0 amide bonds. The molecule has 0 saturated carbocycles. The number of carbonyl (C=O) groups excluding carboxylic acids is 1. The lowest BCUT2D eigenvalue weighted by Crippen LogP contribution is -2.27. The number of ether oxygens (including phenoxy) is 1. The highest BCUT2D eigenvalue weighted by Gasteiger charge is 2.28. The van der Waals surface area contributed by atoms with E-state index in [1.165, 1.54) is 6.07 Å². The van der Waals surface area contributed by atoms with E-state index in [0.29, 0.717) is 12.0 Å². The Balaban J connectivity index is 1.72. The Hall–Kier alpha value is -2.16. The molecule has 2 nitrogen and oxygen atoms in total. The topological polar surface area (TPSA) is 26.3 Å². The van der Waals surface area contributed by atoms with Crippen LogP contribution in [0.25, 0.3) is 0 Å². The number of Topliss-reactive ketones (excluding diaryl/α,β-unsaturated/α-hetero) is 1. The van der Waals surface area contributed by atoms with E-state index in [0.717, 1.165) is 11.3 Å². The normalized spacial score (nSPS) is 16.8. The number of rotatable bonds is 3. The minimum absolute atomic E-state index is 0.0747. The summed E-state index contributed by atoms with van der Waals surface area (Å²) in [4.78, 5) is 12.1. The van der Waals surface area contributed by atoms with Gasteiger partial charge in [0.25, 0.3) is 0 Å². The van der Waals surface area contributed by atoms with Crippen LogP contribution >= 0.6 is 0 Å². The largest absolute Gasteiger partial charge is 0.482 e. The maximum atomic E-state index is 13.5. The number of ketones is 1. The Morgan fingerprint density at radius 2 is 1.89 bits per heavy atom. The Morgan fingerprint density at radius 1 is 1.16 bits per heavy atom. The number of carbonyl (C=O) groups is 1. The monoisotopic (exact) mass is 256 g/mol. The Labute approximate surface area is 110 Å². The fourth-order valence-electron chi connectivity index (χ4n) is 2.30. The molecule has 0 N–H and O–H groups in total. The zero-order valence-electron chi connectivity index (χ0n) is 10.3. The predicted octanol–water partition coefficient (Wildman–Crippen LogP) is 2.94. The lowest BCUT2D eigenvalue weighted by molar-refractivity contribution is -0.124. The Kier molecular flexibility index (Phi) is 3.03. The van der Waals surface area contributed by atoms with Crippen LogP contribution in [0, 0.1) is 5.82 Å². The first-order chi connectivity index (χ1) is 9.24. The van der Waals surface area contributed by atoms with Crippen LogP contribution in [-0.2, 0) is 17.6 Å². The average molecular weight is 256 g/mol. The van der Waals surface area contributed by atoms with Crippen LogP contribution in [0.5, 0.6) is 5.75 Å². The van der Waals surface area contributed by atoms with Crippen LogP contribution < -0.4 is 4.74 Å². The molecule has 3 heteroatoms. The van der Waals surface area contributed by atoms with Crippen molar-refractivity contribution in [3.63, 3.8) is 0 Å². The standard InChI is InChI=1S/C16H13FO2/c17-13-7-3-1-5-11(13)9-14(18)16-10-12-6-2-4-8-15(12)19-16/h1-8,16H,9-10H2. The summed E-state index contributed by atoms with van der Waals surface area (Å²) in [6.45, 7) is 0. The molecule has 1 heterocycles. The molecule has 96 valence electrons. The van der Waals surface area contributed by atoms with Gasteiger partial charge in [0.15, 0.2) is 11.9 Å². The molecule has 0 saturated heterocycles. The van der Waals surface area contributed by atoms with Crippen molar-refractivity contribution in [3.8, 4) is 5.75 Å². The van der Waals surface area contributed by atoms with Gasteiger partial charge in [-0.3, -0.25) is 4.79 Å². The third kappa shape index (κ3) is 2.36. The second-order valence-electron chi connectivity index (χ2n) is 4.65. The van der Waals surface area contributed by atoms with Gasteiger partial charge in [-0.2, -0.15) is 0 Å². The Morgan fingerprint density at radius 3 is 2.68 bits per heavy atom. The Bertz CT molecular complexity index is 597. The van der Waals surface area contributed by atoms with Crippen molar-refractivity contribution in [2.45, 2.75) is 18.9 Å². The summed E-state index contributed by atoms with van der Waals surface area (Å²) in [5.74, 6) is 0.335. The first kappa shape index (κ1) is 11.9. The van der Waals surface area contributed by atoms with E-state index in [1.54, 1.807) is 18.2 Å². The molecule has 0 aliphatic carbocycles. The summed E-state index contributed by atoms with van der Waals surface area (Å²) >= 11 is 0. The fraction of sp³-hybridized carbons (Fsp3) is 0.188. The van der Waals surface area contributed by atoms with Crippen LogP contribution in [0.4, 0.5) is 4.39 Å². The highest BCUT2D eigenvalue weighted by Crippen LogP contribution is 2.29. The molecule has 2 aromatic carbocycles. The molecule has 1 unspecified atom stereocenters. The van der Waals surface area contributed by atoms with Gasteiger partial charge in [-0.05, 0) is 23.3 Å². The molecule has 0 aromatic heterocycles.